The van der Waals surface area contributed by atoms with Crippen LogP contribution in [0, 0.1) is 5.82 Å². The minimum Gasteiger partial charge on any atom is -0.486 e. The standard InChI is InChI=1S/C18H18FNO5S/c1-12(26(22,23)15-8-6-13(19)7-9-15)18(21)20-10-14-11-24-16-4-2-3-5-17(16)25-14/h2-9,12,14H,10-11H2,1H3,(H,20,21). The number of sulfone groups is 1. The first-order chi connectivity index (χ1) is 12.4. The summed E-state index contributed by atoms with van der Waals surface area (Å²) in [5, 5.41) is 1.26. The summed E-state index contributed by atoms with van der Waals surface area (Å²) < 4.78 is 49.1. The number of benzene rings is 2. The molecule has 0 bridgehead atoms. The molecule has 0 aliphatic carbocycles. The number of rotatable bonds is 5. The summed E-state index contributed by atoms with van der Waals surface area (Å²) in [5.41, 5.74) is 0. The van der Waals surface area contributed by atoms with Gasteiger partial charge in [-0.05, 0) is 43.3 Å². The second-order valence-electron chi connectivity index (χ2n) is 5.88. The number of ether oxygens (including phenoxy) is 2. The monoisotopic (exact) mass is 379 g/mol. The molecule has 0 saturated carbocycles. The van der Waals surface area contributed by atoms with Crippen LogP contribution in [0.25, 0.3) is 0 Å². The highest BCUT2D eigenvalue weighted by molar-refractivity contribution is 7.92. The van der Waals surface area contributed by atoms with Crippen molar-refractivity contribution >= 4 is 15.7 Å². The highest BCUT2D eigenvalue weighted by Crippen LogP contribution is 2.30. The minimum absolute atomic E-state index is 0.104. The Labute approximate surface area is 150 Å². The molecule has 3 rings (SSSR count). The third-order valence-electron chi connectivity index (χ3n) is 4.05. The van der Waals surface area contributed by atoms with Crippen LogP contribution in [0.1, 0.15) is 6.92 Å². The maximum Gasteiger partial charge on any atom is 0.238 e. The molecular weight excluding hydrogens is 361 g/mol. The Morgan fingerprint density at radius 2 is 1.85 bits per heavy atom. The van der Waals surface area contributed by atoms with Crippen molar-refractivity contribution in [2.45, 2.75) is 23.2 Å². The number of carbonyl (C=O) groups excluding carboxylic acids is 1. The fraction of sp³-hybridized carbons (Fsp3) is 0.278. The summed E-state index contributed by atoms with van der Waals surface area (Å²) in [5.74, 6) is -0.000111. The summed E-state index contributed by atoms with van der Waals surface area (Å²) in [7, 11) is -3.91. The van der Waals surface area contributed by atoms with E-state index >= 15 is 0 Å². The molecule has 2 unspecified atom stereocenters. The summed E-state index contributed by atoms with van der Waals surface area (Å²) in [6, 6.07) is 11.5. The molecule has 2 aromatic carbocycles. The summed E-state index contributed by atoms with van der Waals surface area (Å²) in [6.45, 7) is 1.65. The number of fused-ring (bicyclic) bond motifs is 1. The van der Waals surface area contributed by atoms with Gasteiger partial charge in [0, 0.05) is 0 Å². The van der Waals surface area contributed by atoms with Crippen molar-refractivity contribution in [1.29, 1.82) is 0 Å². The zero-order valence-electron chi connectivity index (χ0n) is 14.0. The zero-order valence-corrected chi connectivity index (χ0v) is 14.8. The van der Waals surface area contributed by atoms with Gasteiger partial charge in [-0.1, -0.05) is 12.1 Å². The molecule has 1 amide bonds. The van der Waals surface area contributed by atoms with E-state index in [2.05, 4.69) is 5.32 Å². The lowest BCUT2D eigenvalue weighted by molar-refractivity contribution is -0.120. The van der Waals surface area contributed by atoms with Gasteiger partial charge >= 0.3 is 0 Å². The van der Waals surface area contributed by atoms with Crippen molar-refractivity contribution in [2.75, 3.05) is 13.2 Å². The van der Waals surface area contributed by atoms with Gasteiger partial charge in [0.15, 0.2) is 21.3 Å². The van der Waals surface area contributed by atoms with Gasteiger partial charge in [0.1, 0.15) is 23.8 Å². The van der Waals surface area contributed by atoms with Crippen LogP contribution in [0.15, 0.2) is 53.4 Å². The van der Waals surface area contributed by atoms with Crippen molar-refractivity contribution in [3.63, 3.8) is 0 Å². The van der Waals surface area contributed by atoms with Crippen LogP contribution < -0.4 is 14.8 Å². The largest absolute Gasteiger partial charge is 0.486 e. The molecule has 1 aliphatic heterocycles. The first-order valence-corrected chi connectivity index (χ1v) is 9.58. The molecular formula is C18H18FNO5S. The number of hydrogen-bond acceptors (Lipinski definition) is 5. The number of hydrogen-bond donors (Lipinski definition) is 1. The number of halogens is 1. The second kappa shape index (κ2) is 7.33. The average molecular weight is 379 g/mol. The minimum atomic E-state index is -3.91. The van der Waals surface area contributed by atoms with Gasteiger partial charge in [-0.2, -0.15) is 0 Å². The van der Waals surface area contributed by atoms with Gasteiger partial charge in [-0.25, -0.2) is 12.8 Å². The van der Waals surface area contributed by atoms with Crippen molar-refractivity contribution < 1.29 is 27.1 Å². The summed E-state index contributed by atoms with van der Waals surface area (Å²) in [6.07, 6.45) is -0.422. The van der Waals surface area contributed by atoms with Gasteiger partial charge in [0.05, 0.1) is 11.4 Å². The third-order valence-corrected chi connectivity index (χ3v) is 6.12. The molecule has 0 spiro atoms. The SMILES string of the molecule is CC(C(=O)NCC1COc2ccccc2O1)S(=O)(=O)c1ccc(F)cc1. The van der Waals surface area contributed by atoms with Crippen LogP contribution in [-0.4, -0.2) is 38.8 Å². The second-order valence-corrected chi connectivity index (χ2v) is 8.15. The smallest absolute Gasteiger partial charge is 0.238 e. The molecule has 1 N–H and O–H groups in total. The topological polar surface area (TPSA) is 81.7 Å². The lowest BCUT2D eigenvalue weighted by Crippen LogP contribution is -2.45. The number of carbonyl (C=O) groups is 1. The summed E-state index contributed by atoms with van der Waals surface area (Å²) in [4.78, 5) is 12.2. The molecule has 0 saturated heterocycles. The van der Waals surface area contributed by atoms with Gasteiger partial charge in [0.2, 0.25) is 5.91 Å². The van der Waals surface area contributed by atoms with Crippen LogP contribution in [0.3, 0.4) is 0 Å². The predicted molar refractivity (Wildman–Crippen MR) is 92.4 cm³/mol. The van der Waals surface area contributed by atoms with Crippen LogP contribution in [0.5, 0.6) is 11.5 Å². The van der Waals surface area contributed by atoms with Crippen molar-refractivity contribution in [3.05, 3.63) is 54.3 Å². The van der Waals surface area contributed by atoms with E-state index in [0.29, 0.717) is 11.5 Å². The number of para-hydroxylation sites is 2. The molecule has 1 aliphatic rings. The van der Waals surface area contributed by atoms with Crippen molar-refractivity contribution in [1.82, 2.24) is 5.32 Å². The van der Waals surface area contributed by atoms with Crippen molar-refractivity contribution in [2.24, 2.45) is 0 Å². The van der Waals surface area contributed by atoms with E-state index in [9.17, 15) is 17.6 Å². The van der Waals surface area contributed by atoms with E-state index in [-0.39, 0.29) is 18.0 Å². The Hall–Kier alpha value is -2.61. The molecule has 6 nitrogen and oxygen atoms in total. The highest BCUT2D eigenvalue weighted by Gasteiger charge is 2.30. The van der Waals surface area contributed by atoms with E-state index < -0.39 is 32.9 Å². The molecule has 1 heterocycles. The Bertz CT molecular complexity index is 898. The van der Waals surface area contributed by atoms with E-state index in [4.69, 9.17) is 9.47 Å². The maximum atomic E-state index is 13.0. The Kier molecular flexibility index (Phi) is 5.13. The Morgan fingerprint density at radius 1 is 1.19 bits per heavy atom. The number of amides is 1. The van der Waals surface area contributed by atoms with Crippen LogP contribution in [0.2, 0.25) is 0 Å². The predicted octanol–water partition coefficient (Wildman–Crippen LogP) is 1.94. The maximum absolute atomic E-state index is 13.0. The molecule has 0 radical (unpaired) electrons. The molecule has 2 atom stereocenters. The molecule has 8 heteroatoms. The van der Waals surface area contributed by atoms with Crippen LogP contribution in [-0.2, 0) is 14.6 Å². The molecule has 0 aromatic heterocycles. The first kappa shape index (κ1) is 18.2. The Morgan fingerprint density at radius 3 is 2.54 bits per heavy atom. The van der Waals surface area contributed by atoms with Gasteiger partial charge in [0.25, 0.3) is 0 Å². The number of nitrogens with one attached hydrogen (secondary N) is 1. The Balaban J connectivity index is 1.60. The summed E-state index contributed by atoms with van der Waals surface area (Å²) >= 11 is 0. The lowest BCUT2D eigenvalue weighted by atomic mass is 10.2. The van der Waals surface area contributed by atoms with E-state index in [1.165, 1.54) is 6.92 Å². The average Bonchev–Trinajstić information content (AvgIpc) is 2.65. The van der Waals surface area contributed by atoms with Gasteiger partial charge < -0.3 is 14.8 Å². The molecule has 138 valence electrons. The van der Waals surface area contributed by atoms with Crippen LogP contribution in [0.4, 0.5) is 4.39 Å². The lowest BCUT2D eigenvalue weighted by Gasteiger charge is -2.26. The first-order valence-electron chi connectivity index (χ1n) is 8.03. The van der Waals surface area contributed by atoms with Gasteiger partial charge in [-0.3, -0.25) is 4.79 Å². The van der Waals surface area contributed by atoms with E-state index in [1.54, 1.807) is 18.2 Å². The fourth-order valence-electron chi connectivity index (χ4n) is 2.49. The quantitative estimate of drug-likeness (QED) is 0.803. The van der Waals surface area contributed by atoms with E-state index in [0.717, 1.165) is 24.3 Å². The molecule has 26 heavy (non-hydrogen) atoms. The molecule has 0 fully saturated rings. The highest BCUT2D eigenvalue weighted by atomic mass is 32.2. The normalized spacial score (nSPS) is 17.4. The van der Waals surface area contributed by atoms with Crippen LogP contribution >= 0.6 is 0 Å². The van der Waals surface area contributed by atoms with Crippen molar-refractivity contribution in [3.8, 4) is 11.5 Å². The molecule has 2 aromatic rings. The third kappa shape index (κ3) is 3.80. The van der Waals surface area contributed by atoms with E-state index in [1.807, 2.05) is 6.07 Å². The fourth-order valence-corrected chi connectivity index (χ4v) is 3.78. The zero-order chi connectivity index (χ0) is 18.7. The van der Waals surface area contributed by atoms with Gasteiger partial charge in [-0.15, -0.1) is 0 Å².